The van der Waals surface area contributed by atoms with Crippen molar-refractivity contribution in [3.05, 3.63) is 0 Å². The van der Waals surface area contributed by atoms with Crippen molar-refractivity contribution in [2.24, 2.45) is 0 Å². The van der Waals surface area contributed by atoms with Crippen LogP contribution in [0.3, 0.4) is 0 Å². The summed E-state index contributed by atoms with van der Waals surface area (Å²) >= 11 is 0. The Morgan fingerprint density at radius 2 is 0.588 bits per heavy atom. The van der Waals surface area contributed by atoms with Crippen LogP contribution in [0.4, 0.5) is 0 Å². The van der Waals surface area contributed by atoms with E-state index in [2.05, 4.69) is 9.47 Å². The molecule has 0 saturated heterocycles. The first-order valence-electron chi connectivity index (χ1n) is 17.5. The second kappa shape index (κ2) is 53.7. The molecule has 296 valence electrons. The number of carbonyl (C=O) groups is 8. The molecule has 0 aliphatic heterocycles. The van der Waals surface area contributed by atoms with Crippen LogP contribution in [0.1, 0.15) is 171 Å². The maximum absolute atomic E-state index is 10.4. The second-order valence-electron chi connectivity index (χ2n) is 10.7. The molecule has 0 unspecified atom stereocenters. The molecule has 0 spiro atoms. The van der Waals surface area contributed by atoms with Crippen molar-refractivity contribution < 1.29 is 68.3 Å². The molecular weight excluding hydrogens is 775 g/mol. The third kappa shape index (κ3) is 99.0. The van der Waals surface area contributed by atoms with Crippen molar-refractivity contribution >= 4 is 71.3 Å². The van der Waals surface area contributed by atoms with Gasteiger partial charge in [-0.3, -0.25) is 19.2 Å². The minimum absolute atomic E-state index is 0. The molecule has 0 aliphatic rings. The average Bonchev–Trinajstić information content (AvgIpc) is 2.98. The Labute approximate surface area is 322 Å². The molecule has 14 nitrogen and oxygen atoms in total. The van der Waals surface area contributed by atoms with Crippen LogP contribution in [0.2, 0.25) is 0 Å². The van der Waals surface area contributed by atoms with Crippen LogP contribution in [0.15, 0.2) is 0 Å². The Morgan fingerprint density at radius 3 is 0.706 bits per heavy atom. The van der Waals surface area contributed by atoms with E-state index in [0.717, 1.165) is 77.0 Å². The largest absolute Gasteiger partial charge is 4.00 e. The summed E-state index contributed by atoms with van der Waals surface area (Å²) in [7, 11) is 0. The fraction of sp³-hybridized carbons (Fsp3) is 0.778. The predicted octanol–water partition coefficient (Wildman–Crippen LogP) is 1.94. The molecule has 0 aromatic rings. The van der Waals surface area contributed by atoms with Crippen molar-refractivity contribution in [1.29, 1.82) is 0 Å². The first-order chi connectivity index (χ1) is 23.4. The fourth-order valence-electron chi connectivity index (χ4n) is 2.91. The summed E-state index contributed by atoms with van der Waals surface area (Å²) in [6, 6.07) is 0. The number of rotatable bonds is 22. The van der Waals surface area contributed by atoms with E-state index in [-0.39, 0.29) is 74.0 Å². The Kier molecular flexibility index (Phi) is 66.4. The van der Waals surface area contributed by atoms with Gasteiger partial charge in [0.2, 0.25) is 0 Å². The van der Waals surface area contributed by atoms with E-state index in [1.807, 2.05) is 27.7 Å². The summed E-state index contributed by atoms with van der Waals surface area (Å²) in [4.78, 5) is 80.3. The number of aliphatic carboxylic acids is 4. The zero-order valence-corrected chi connectivity index (χ0v) is 35.2. The smallest absolute Gasteiger partial charge is 0.550 e. The van der Waals surface area contributed by atoms with Gasteiger partial charge in [-0.25, -0.2) is 0 Å². The van der Waals surface area contributed by atoms with Crippen LogP contribution in [-0.2, 0) is 47.8 Å². The molecule has 0 aromatic heterocycles. The van der Waals surface area contributed by atoms with Crippen molar-refractivity contribution in [1.82, 2.24) is 0 Å². The van der Waals surface area contributed by atoms with Gasteiger partial charge in [0.15, 0.2) is 0 Å². The molecule has 15 heteroatoms. The van der Waals surface area contributed by atoms with E-state index in [4.69, 9.17) is 0 Å². The van der Waals surface area contributed by atoms with Crippen LogP contribution >= 0.6 is 0 Å². The quantitative estimate of drug-likeness (QED) is 0.0655. The van der Waals surface area contributed by atoms with E-state index in [1.165, 1.54) is 13.8 Å². The third-order valence-electron chi connectivity index (χ3n) is 5.34. The van der Waals surface area contributed by atoms with E-state index in [0.29, 0.717) is 13.2 Å². The Hall–Kier alpha value is -3.04. The van der Waals surface area contributed by atoms with Crippen LogP contribution in [0, 0.1) is 0 Å². The number of carboxylic acid groups (broad SMARTS) is 4. The topological polar surface area (TPSA) is 247 Å². The van der Waals surface area contributed by atoms with Gasteiger partial charge in [-0.2, -0.15) is 0 Å². The normalized spacial score (nSPS) is 8.78. The Morgan fingerprint density at radius 1 is 0.392 bits per heavy atom. The number of unbranched alkanes of at least 4 members (excludes halogenated alkanes) is 8. The molecule has 0 radical (unpaired) electrons. The summed E-state index contributed by atoms with van der Waals surface area (Å²) in [6.45, 7) is 15.0. The van der Waals surface area contributed by atoms with Gasteiger partial charge < -0.3 is 49.1 Å². The maximum Gasteiger partial charge on any atom is 4.00 e. The van der Waals surface area contributed by atoms with Gasteiger partial charge in [-0.15, -0.1) is 0 Å². The van der Waals surface area contributed by atoms with Crippen molar-refractivity contribution in [2.75, 3.05) is 13.2 Å². The Balaban J connectivity index is -0.0000000908. The molecule has 0 aromatic carbocycles. The van der Waals surface area contributed by atoms with Gasteiger partial charge in [0.1, 0.15) is 24.4 Å². The summed E-state index contributed by atoms with van der Waals surface area (Å²) in [6.07, 6.45) is 11.9. The zero-order valence-electron chi connectivity index (χ0n) is 32.4. The van der Waals surface area contributed by atoms with Gasteiger partial charge in [-0.1, -0.05) is 79.1 Å². The number of Topliss-reactive ketones (excluding diaryl/α,β-unsaturated/α-hetero) is 2. The molecule has 0 saturated carbocycles. The fourth-order valence-corrected chi connectivity index (χ4v) is 2.91. The zero-order chi connectivity index (χ0) is 40.2. The molecule has 51 heavy (non-hydrogen) atoms. The molecule has 0 heterocycles. The third-order valence-corrected chi connectivity index (χ3v) is 5.34. The molecule has 0 rings (SSSR count). The van der Waals surface area contributed by atoms with Crippen LogP contribution in [0.5, 0.6) is 0 Å². The number of ether oxygens (including phenoxy) is 2. The van der Waals surface area contributed by atoms with E-state index in [9.17, 15) is 58.8 Å². The molecule has 0 N–H and O–H groups in total. The summed E-state index contributed by atoms with van der Waals surface area (Å²) < 4.78 is 8.99. The average molecular weight is 840 g/mol. The maximum atomic E-state index is 10.4. The first kappa shape index (κ1) is 63.0. The van der Waals surface area contributed by atoms with Crippen LogP contribution in [0.25, 0.3) is 0 Å². The number of carboxylic acids is 4. The number of ketones is 2. The standard InChI is InChI=1S/2C6H10O3.4C6H12O2.Sn/c2*1-3-9-6(8)4-5(2)7;4*1-2-3-4-5-6(7)8;/h2*3-4H2,1-2H3;4*2-5H2,1H3,(H,7,8);/q;;;;;;+4/p-4. The minimum atomic E-state index is -0.932. The number of carbonyl (C=O) groups excluding carboxylic acids is 8. The summed E-state index contributed by atoms with van der Waals surface area (Å²) in [5, 5.41) is 39.1. The molecule has 0 aliphatic carbocycles. The van der Waals surface area contributed by atoms with Crippen LogP contribution in [-0.4, -0.2) is 84.5 Å². The predicted molar refractivity (Wildman–Crippen MR) is 186 cm³/mol. The van der Waals surface area contributed by atoms with E-state index >= 15 is 0 Å². The van der Waals surface area contributed by atoms with Crippen molar-refractivity contribution in [3.8, 4) is 0 Å². The number of hydrogen-bond donors (Lipinski definition) is 0. The molecule has 0 bridgehead atoms. The van der Waals surface area contributed by atoms with Crippen molar-refractivity contribution in [3.63, 3.8) is 0 Å². The van der Waals surface area contributed by atoms with Gasteiger partial charge in [0.25, 0.3) is 0 Å². The van der Waals surface area contributed by atoms with Crippen molar-refractivity contribution in [2.45, 2.75) is 171 Å². The first-order valence-corrected chi connectivity index (χ1v) is 17.5. The van der Waals surface area contributed by atoms with Gasteiger partial charge in [-0.05, 0) is 79.1 Å². The number of hydrogen-bond acceptors (Lipinski definition) is 14. The second-order valence-corrected chi connectivity index (χ2v) is 10.7. The van der Waals surface area contributed by atoms with E-state index in [1.54, 1.807) is 13.8 Å². The summed E-state index contributed by atoms with van der Waals surface area (Å²) in [5.41, 5.74) is 0. The molecule has 0 atom stereocenters. The Bertz CT molecular complexity index is 766. The summed E-state index contributed by atoms with van der Waals surface area (Å²) in [5.74, 6) is -4.93. The van der Waals surface area contributed by atoms with E-state index < -0.39 is 35.8 Å². The molecule has 0 fully saturated rings. The van der Waals surface area contributed by atoms with Gasteiger partial charge in [0.05, 0.1) is 13.2 Å². The number of esters is 2. The minimum Gasteiger partial charge on any atom is -0.550 e. The van der Waals surface area contributed by atoms with Gasteiger partial charge >= 0.3 is 35.8 Å². The molecular formula is C36H64O14Sn. The van der Waals surface area contributed by atoms with Gasteiger partial charge in [0, 0.05) is 23.9 Å². The van der Waals surface area contributed by atoms with Crippen LogP contribution < -0.4 is 20.4 Å². The molecule has 0 amide bonds. The SMILES string of the molecule is CCCCCC(=O)[O-].CCCCCC(=O)[O-].CCCCCC(=O)[O-].CCCCCC(=O)[O-].CCOC(=O)CC(C)=O.CCOC(=O)CC(C)=O.[Sn+4]. The monoisotopic (exact) mass is 840 g/mol.